The maximum absolute atomic E-state index is 12.5. The van der Waals surface area contributed by atoms with E-state index in [1.807, 2.05) is 0 Å². The molecule has 0 unspecified atom stereocenters. The molecule has 0 aliphatic heterocycles. The molecule has 0 aromatic carbocycles. The van der Waals surface area contributed by atoms with Crippen molar-refractivity contribution in [2.24, 2.45) is 0 Å². The summed E-state index contributed by atoms with van der Waals surface area (Å²) in [5, 5.41) is 19.1. The number of methoxy groups -OCH3 is 1. The van der Waals surface area contributed by atoms with Crippen LogP contribution in [0.2, 0.25) is 0 Å². The Hall–Kier alpha value is -2.30. The number of rotatable bonds is 3. The third-order valence-electron chi connectivity index (χ3n) is 1.73. The molecule has 84 valence electrons. The smallest absolute Gasteiger partial charge is 0.294 e. The van der Waals surface area contributed by atoms with Crippen LogP contribution in [0.1, 0.15) is 17.7 Å². The topological polar surface area (TPSA) is 89.0 Å². The van der Waals surface area contributed by atoms with E-state index in [0.717, 1.165) is 13.2 Å². The number of hydrogen-bond acceptors (Lipinski definition) is 5. The van der Waals surface area contributed by atoms with Crippen LogP contribution in [0.15, 0.2) is 6.07 Å². The highest BCUT2D eigenvalue weighted by Gasteiger charge is 2.26. The standard InChI is InChI=1S/C8H5F2N3O3/c1-16-6-2-5(13(14)15)4(3-11)7(12-6)8(9)10/h2,8H,1H3. The van der Waals surface area contributed by atoms with Crippen LogP contribution in [0.4, 0.5) is 14.5 Å². The molecule has 0 saturated carbocycles. The van der Waals surface area contributed by atoms with Gasteiger partial charge in [-0.15, -0.1) is 0 Å². The number of pyridine rings is 1. The molecule has 1 aromatic heterocycles. The van der Waals surface area contributed by atoms with E-state index in [9.17, 15) is 18.9 Å². The summed E-state index contributed by atoms with van der Waals surface area (Å²) in [6, 6.07) is 2.16. The largest absolute Gasteiger partial charge is 0.481 e. The SMILES string of the molecule is COc1cc([N+](=O)[O-])c(C#N)c(C(F)F)n1. The molecule has 0 spiro atoms. The van der Waals surface area contributed by atoms with Crippen molar-refractivity contribution in [2.45, 2.75) is 6.43 Å². The molecule has 0 saturated heterocycles. The van der Waals surface area contributed by atoms with Crippen LogP contribution in [-0.2, 0) is 0 Å². The average molecular weight is 229 g/mol. The minimum atomic E-state index is -3.08. The van der Waals surface area contributed by atoms with Crippen LogP contribution >= 0.6 is 0 Å². The Bertz CT molecular complexity index is 470. The lowest BCUT2D eigenvalue weighted by atomic mass is 10.2. The molecule has 8 heteroatoms. The highest BCUT2D eigenvalue weighted by Crippen LogP contribution is 2.30. The number of hydrogen-bond donors (Lipinski definition) is 0. The first-order valence-electron chi connectivity index (χ1n) is 3.92. The van der Waals surface area contributed by atoms with Crippen LogP contribution in [0, 0.1) is 21.4 Å². The Kier molecular flexibility index (Phi) is 3.30. The van der Waals surface area contributed by atoms with Gasteiger partial charge in [-0.05, 0) is 0 Å². The summed E-state index contributed by atoms with van der Waals surface area (Å²) < 4.78 is 29.5. The molecular weight excluding hydrogens is 224 g/mol. The first-order chi connectivity index (χ1) is 7.51. The quantitative estimate of drug-likeness (QED) is 0.582. The monoisotopic (exact) mass is 229 g/mol. The number of nitrogens with zero attached hydrogens (tertiary/aromatic N) is 3. The van der Waals surface area contributed by atoms with Crippen molar-refractivity contribution >= 4 is 5.69 Å². The molecule has 0 bridgehead atoms. The summed E-state index contributed by atoms with van der Waals surface area (Å²) in [5.41, 5.74) is -2.45. The number of ether oxygens (including phenoxy) is 1. The Balaban J connectivity index is 3.54. The number of aromatic nitrogens is 1. The lowest BCUT2D eigenvalue weighted by Crippen LogP contribution is -2.03. The van der Waals surface area contributed by atoms with Crippen molar-refractivity contribution < 1.29 is 18.4 Å². The van der Waals surface area contributed by atoms with Gasteiger partial charge >= 0.3 is 0 Å². The zero-order valence-corrected chi connectivity index (χ0v) is 7.98. The molecule has 0 aliphatic carbocycles. The molecule has 1 rings (SSSR count). The molecule has 0 N–H and O–H groups in total. The van der Waals surface area contributed by atoms with Crippen molar-refractivity contribution in [3.8, 4) is 11.9 Å². The second-order valence-electron chi connectivity index (χ2n) is 2.61. The van der Waals surface area contributed by atoms with Crippen molar-refractivity contribution in [3.63, 3.8) is 0 Å². The van der Waals surface area contributed by atoms with Gasteiger partial charge in [0.25, 0.3) is 12.1 Å². The predicted octanol–water partition coefficient (Wildman–Crippen LogP) is 1.81. The first kappa shape index (κ1) is 11.8. The zero-order chi connectivity index (χ0) is 12.3. The van der Waals surface area contributed by atoms with Gasteiger partial charge in [-0.1, -0.05) is 0 Å². The van der Waals surface area contributed by atoms with Gasteiger partial charge in [0, 0.05) is 0 Å². The number of alkyl halides is 2. The predicted molar refractivity (Wildman–Crippen MR) is 47.1 cm³/mol. The van der Waals surface area contributed by atoms with Gasteiger partial charge < -0.3 is 4.74 Å². The third kappa shape index (κ3) is 2.03. The number of nitro groups is 1. The fourth-order valence-corrected chi connectivity index (χ4v) is 1.05. The Morgan fingerprint density at radius 1 is 1.69 bits per heavy atom. The maximum atomic E-state index is 12.5. The summed E-state index contributed by atoms with van der Waals surface area (Å²) in [7, 11) is 1.13. The Morgan fingerprint density at radius 3 is 2.69 bits per heavy atom. The molecule has 0 aliphatic rings. The first-order valence-corrected chi connectivity index (χ1v) is 3.92. The fourth-order valence-electron chi connectivity index (χ4n) is 1.05. The van der Waals surface area contributed by atoms with Crippen LogP contribution in [-0.4, -0.2) is 17.0 Å². The van der Waals surface area contributed by atoms with Crippen molar-refractivity contribution in [1.29, 1.82) is 5.26 Å². The van der Waals surface area contributed by atoms with E-state index in [2.05, 4.69) is 9.72 Å². The van der Waals surface area contributed by atoms with E-state index in [0.29, 0.717) is 0 Å². The van der Waals surface area contributed by atoms with Gasteiger partial charge in [0.15, 0.2) is 5.56 Å². The Morgan fingerprint density at radius 2 is 2.31 bits per heavy atom. The van der Waals surface area contributed by atoms with E-state index in [-0.39, 0.29) is 5.88 Å². The van der Waals surface area contributed by atoms with Crippen LogP contribution < -0.4 is 4.74 Å². The Labute approximate surface area is 88.2 Å². The van der Waals surface area contributed by atoms with Crippen molar-refractivity contribution in [2.75, 3.05) is 7.11 Å². The summed E-state index contributed by atoms with van der Waals surface area (Å²) in [6.07, 6.45) is -3.08. The van der Waals surface area contributed by atoms with Gasteiger partial charge in [-0.25, -0.2) is 13.8 Å². The molecule has 0 radical (unpaired) electrons. The van der Waals surface area contributed by atoms with Gasteiger partial charge in [0.1, 0.15) is 11.8 Å². The van der Waals surface area contributed by atoms with E-state index in [1.165, 1.54) is 6.07 Å². The second kappa shape index (κ2) is 4.48. The van der Waals surface area contributed by atoms with E-state index >= 15 is 0 Å². The van der Waals surface area contributed by atoms with Gasteiger partial charge in [0.05, 0.1) is 18.1 Å². The van der Waals surface area contributed by atoms with E-state index in [4.69, 9.17) is 5.26 Å². The average Bonchev–Trinajstić information content (AvgIpc) is 2.26. The van der Waals surface area contributed by atoms with Gasteiger partial charge in [0.2, 0.25) is 5.88 Å². The highest BCUT2D eigenvalue weighted by atomic mass is 19.3. The normalized spacial score (nSPS) is 9.94. The van der Waals surface area contributed by atoms with Crippen LogP contribution in [0.5, 0.6) is 5.88 Å². The van der Waals surface area contributed by atoms with E-state index in [1.54, 1.807) is 0 Å². The maximum Gasteiger partial charge on any atom is 0.294 e. The summed E-state index contributed by atoms with van der Waals surface area (Å²) in [4.78, 5) is 12.9. The number of nitriles is 1. The summed E-state index contributed by atoms with van der Waals surface area (Å²) >= 11 is 0. The molecule has 1 heterocycles. The number of halogens is 2. The molecule has 1 aromatic rings. The van der Waals surface area contributed by atoms with Crippen LogP contribution in [0.25, 0.3) is 0 Å². The third-order valence-corrected chi connectivity index (χ3v) is 1.73. The minimum Gasteiger partial charge on any atom is -0.481 e. The van der Waals surface area contributed by atoms with Gasteiger partial charge in [-0.2, -0.15) is 5.26 Å². The van der Waals surface area contributed by atoms with Crippen LogP contribution in [0.3, 0.4) is 0 Å². The molecule has 0 fully saturated rings. The molecule has 0 amide bonds. The molecule has 0 atom stereocenters. The minimum absolute atomic E-state index is 0.332. The molecule has 6 nitrogen and oxygen atoms in total. The fraction of sp³-hybridized carbons (Fsp3) is 0.250. The lowest BCUT2D eigenvalue weighted by Gasteiger charge is -2.05. The summed E-state index contributed by atoms with van der Waals surface area (Å²) in [5.74, 6) is -0.332. The lowest BCUT2D eigenvalue weighted by molar-refractivity contribution is -0.385. The van der Waals surface area contributed by atoms with Crippen molar-refractivity contribution in [3.05, 3.63) is 27.4 Å². The molecular formula is C8H5F2N3O3. The van der Waals surface area contributed by atoms with E-state index < -0.39 is 28.3 Å². The van der Waals surface area contributed by atoms with Crippen molar-refractivity contribution in [1.82, 2.24) is 4.98 Å². The second-order valence-corrected chi connectivity index (χ2v) is 2.61. The summed E-state index contributed by atoms with van der Waals surface area (Å²) in [6.45, 7) is 0. The highest BCUT2D eigenvalue weighted by molar-refractivity contribution is 5.53. The van der Waals surface area contributed by atoms with Gasteiger partial charge in [-0.3, -0.25) is 10.1 Å². The molecule has 16 heavy (non-hydrogen) atoms. The zero-order valence-electron chi connectivity index (χ0n) is 7.98.